The number of thiophene rings is 1. The van der Waals surface area contributed by atoms with Gasteiger partial charge in [0, 0.05) is 12.2 Å². The molecule has 6 nitrogen and oxygen atoms in total. The zero-order valence-corrected chi connectivity index (χ0v) is 16.7. The molecule has 0 aliphatic carbocycles. The van der Waals surface area contributed by atoms with Crippen molar-refractivity contribution in [2.75, 3.05) is 19.3 Å². The van der Waals surface area contributed by atoms with Crippen LogP contribution in [0.3, 0.4) is 0 Å². The molecule has 1 atom stereocenters. The van der Waals surface area contributed by atoms with E-state index in [2.05, 4.69) is 12.0 Å². The smallest absolute Gasteiger partial charge is 0.267 e. The minimum absolute atomic E-state index is 0.122. The number of carbonyl (C=O) groups is 1. The molecule has 2 aromatic heterocycles. The average Bonchev–Trinajstić information content (AvgIpc) is 2.97. The van der Waals surface area contributed by atoms with E-state index in [0.717, 1.165) is 42.4 Å². The van der Waals surface area contributed by atoms with E-state index in [1.807, 2.05) is 31.2 Å². The first kappa shape index (κ1) is 18.2. The van der Waals surface area contributed by atoms with Gasteiger partial charge in [0.15, 0.2) is 5.16 Å². The van der Waals surface area contributed by atoms with Crippen molar-refractivity contribution in [1.29, 1.82) is 0 Å². The molecule has 4 rings (SSSR count). The number of carboxylic acids is 1. The van der Waals surface area contributed by atoms with Crippen LogP contribution in [-0.4, -0.2) is 34.9 Å². The summed E-state index contributed by atoms with van der Waals surface area (Å²) in [6.07, 6.45) is 0.859. The van der Waals surface area contributed by atoms with E-state index in [1.54, 1.807) is 15.9 Å². The molecule has 0 radical (unpaired) electrons. The molecule has 0 spiro atoms. The van der Waals surface area contributed by atoms with Gasteiger partial charge in [0.1, 0.15) is 11.4 Å². The SMILES string of the molecule is Cc1cccc(-n2c(SCC(=O)[O-])nc3sc4c(c3c2=O)CC[NH+](C)C4)c1. The molecule has 0 saturated heterocycles. The minimum atomic E-state index is -1.18. The summed E-state index contributed by atoms with van der Waals surface area (Å²) in [5.74, 6) is -1.43. The number of hydrogen-bond donors (Lipinski definition) is 1. The minimum Gasteiger partial charge on any atom is -0.549 e. The Hall–Kier alpha value is -2.16. The number of fused-ring (bicyclic) bond motifs is 3. The molecule has 27 heavy (non-hydrogen) atoms. The Morgan fingerprint density at radius 3 is 3.00 bits per heavy atom. The summed E-state index contributed by atoms with van der Waals surface area (Å²) in [7, 11) is 2.15. The van der Waals surface area contributed by atoms with Crippen LogP contribution in [0.1, 0.15) is 16.0 Å². The number of aromatic nitrogens is 2. The van der Waals surface area contributed by atoms with Crippen LogP contribution in [0.15, 0.2) is 34.2 Å². The summed E-state index contributed by atoms with van der Waals surface area (Å²) in [6.45, 7) is 3.84. The Bertz CT molecular complexity index is 1100. The number of nitrogens with zero attached hydrogens (tertiary/aromatic N) is 2. The number of benzene rings is 1. The molecule has 140 valence electrons. The first-order valence-electron chi connectivity index (χ1n) is 8.72. The molecular weight excluding hydrogens is 382 g/mol. The standard InChI is InChI=1S/C19H19N3O3S2/c1-11-4-3-5-12(8-11)22-18(25)16-13-6-7-21(2)9-14(13)27-17(16)20-19(22)26-10-15(23)24/h3-5,8H,6-7,9-10H2,1-2H3,(H,23,24). The zero-order valence-electron chi connectivity index (χ0n) is 15.1. The normalized spacial score (nSPS) is 16.4. The fraction of sp³-hybridized carbons (Fsp3) is 0.316. The molecule has 0 bridgehead atoms. The lowest BCUT2D eigenvalue weighted by molar-refractivity contribution is -0.895. The second-order valence-electron chi connectivity index (χ2n) is 6.85. The molecule has 1 aliphatic heterocycles. The monoisotopic (exact) mass is 401 g/mol. The Labute approximate surface area is 164 Å². The Morgan fingerprint density at radius 2 is 2.26 bits per heavy atom. The number of quaternary nitrogens is 1. The number of aliphatic carboxylic acids is 1. The molecule has 8 heteroatoms. The number of likely N-dealkylation sites (N-methyl/N-ethyl adjacent to an activating group) is 1. The number of nitrogens with one attached hydrogen (secondary N) is 1. The van der Waals surface area contributed by atoms with E-state index in [0.29, 0.717) is 21.1 Å². The number of thioether (sulfide) groups is 1. The molecule has 0 fully saturated rings. The lowest BCUT2D eigenvalue weighted by atomic mass is 10.1. The van der Waals surface area contributed by atoms with Crippen LogP contribution in [0.25, 0.3) is 15.9 Å². The van der Waals surface area contributed by atoms with Crippen molar-refractivity contribution in [2.24, 2.45) is 0 Å². The Morgan fingerprint density at radius 1 is 1.44 bits per heavy atom. The second-order valence-corrected chi connectivity index (χ2v) is 8.88. The van der Waals surface area contributed by atoms with Crippen molar-refractivity contribution >= 4 is 39.3 Å². The quantitative estimate of drug-likeness (QED) is 0.498. The van der Waals surface area contributed by atoms with Gasteiger partial charge < -0.3 is 14.8 Å². The molecule has 1 aromatic carbocycles. The number of carbonyl (C=O) groups excluding carboxylic acids is 1. The highest BCUT2D eigenvalue weighted by molar-refractivity contribution is 7.99. The Kier molecular flexibility index (Phi) is 4.79. The van der Waals surface area contributed by atoms with Gasteiger partial charge in [0.05, 0.1) is 35.5 Å². The van der Waals surface area contributed by atoms with Crippen LogP contribution in [0.5, 0.6) is 0 Å². The highest BCUT2D eigenvalue weighted by Crippen LogP contribution is 2.31. The van der Waals surface area contributed by atoms with Crippen LogP contribution in [0, 0.1) is 6.92 Å². The van der Waals surface area contributed by atoms with Crippen molar-refractivity contribution in [1.82, 2.24) is 9.55 Å². The topological polar surface area (TPSA) is 79.5 Å². The van der Waals surface area contributed by atoms with Crippen LogP contribution in [0.4, 0.5) is 0 Å². The van der Waals surface area contributed by atoms with Gasteiger partial charge in [-0.25, -0.2) is 4.98 Å². The van der Waals surface area contributed by atoms with Crippen LogP contribution in [0.2, 0.25) is 0 Å². The third-order valence-corrected chi connectivity index (χ3v) is 6.76. The second kappa shape index (κ2) is 7.10. The van der Waals surface area contributed by atoms with Crippen LogP contribution in [-0.2, 0) is 17.8 Å². The van der Waals surface area contributed by atoms with Crippen molar-refractivity contribution in [2.45, 2.75) is 25.0 Å². The van der Waals surface area contributed by atoms with Crippen LogP contribution >= 0.6 is 23.1 Å². The average molecular weight is 402 g/mol. The largest absolute Gasteiger partial charge is 0.549 e. The molecule has 3 aromatic rings. The first-order valence-corrected chi connectivity index (χ1v) is 10.5. The maximum atomic E-state index is 13.5. The highest BCUT2D eigenvalue weighted by atomic mass is 32.2. The number of rotatable bonds is 4. The van der Waals surface area contributed by atoms with Gasteiger partial charge >= 0.3 is 0 Å². The van der Waals surface area contributed by atoms with E-state index in [1.165, 1.54) is 9.78 Å². The highest BCUT2D eigenvalue weighted by Gasteiger charge is 2.26. The summed E-state index contributed by atoms with van der Waals surface area (Å²) in [4.78, 5) is 32.4. The zero-order chi connectivity index (χ0) is 19.1. The van der Waals surface area contributed by atoms with E-state index >= 15 is 0 Å². The number of hydrogen-bond acceptors (Lipinski definition) is 6. The molecule has 3 heterocycles. The maximum absolute atomic E-state index is 13.5. The van der Waals surface area contributed by atoms with Crippen molar-refractivity contribution in [3.63, 3.8) is 0 Å². The summed E-state index contributed by atoms with van der Waals surface area (Å²) >= 11 is 2.57. The van der Waals surface area contributed by atoms with Gasteiger partial charge in [0.2, 0.25) is 0 Å². The van der Waals surface area contributed by atoms with Gasteiger partial charge in [-0.15, -0.1) is 11.3 Å². The van der Waals surface area contributed by atoms with E-state index in [-0.39, 0.29) is 11.3 Å². The van der Waals surface area contributed by atoms with E-state index in [4.69, 9.17) is 0 Å². The predicted octanol–water partition coefficient (Wildman–Crippen LogP) is 0.168. The third-order valence-electron chi connectivity index (χ3n) is 4.72. The van der Waals surface area contributed by atoms with Gasteiger partial charge in [-0.2, -0.15) is 0 Å². The Balaban J connectivity index is 1.97. The maximum Gasteiger partial charge on any atom is 0.267 e. The summed E-state index contributed by atoms with van der Waals surface area (Å²) < 4.78 is 1.54. The van der Waals surface area contributed by atoms with Crippen LogP contribution < -0.4 is 15.6 Å². The van der Waals surface area contributed by atoms with Crippen molar-refractivity contribution in [3.8, 4) is 5.69 Å². The van der Waals surface area contributed by atoms with E-state index < -0.39 is 5.97 Å². The summed E-state index contributed by atoms with van der Waals surface area (Å²) in [6, 6.07) is 7.60. The lowest BCUT2D eigenvalue weighted by Gasteiger charge is -2.19. The van der Waals surface area contributed by atoms with E-state index in [9.17, 15) is 14.7 Å². The fourth-order valence-electron chi connectivity index (χ4n) is 3.46. The third kappa shape index (κ3) is 3.40. The predicted molar refractivity (Wildman–Crippen MR) is 105 cm³/mol. The molecule has 1 N–H and O–H groups in total. The van der Waals surface area contributed by atoms with Gasteiger partial charge in [-0.3, -0.25) is 9.36 Å². The fourth-order valence-corrected chi connectivity index (χ4v) is 5.56. The first-order chi connectivity index (χ1) is 12.9. The summed E-state index contributed by atoms with van der Waals surface area (Å²) in [5, 5.41) is 12.0. The molecular formula is C19H19N3O3S2. The van der Waals surface area contributed by atoms with Crippen molar-refractivity contribution < 1.29 is 14.8 Å². The van der Waals surface area contributed by atoms with Gasteiger partial charge in [-0.1, -0.05) is 23.9 Å². The number of carboxylic acid groups (broad SMARTS) is 1. The molecule has 0 saturated carbocycles. The van der Waals surface area contributed by atoms with Gasteiger partial charge in [-0.05, 0) is 30.2 Å². The molecule has 0 amide bonds. The molecule has 1 unspecified atom stereocenters. The molecule has 1 aliphatic rings. The summed E-state index contributed by atoms with van der Waals surface area (Å²) in [5.41, 5.74) is 2.71. The number of aryl methyl sites for hydroxylation is 1. The lowest BCUT2D eigenvalue weighted by Crippen LogP contribution is -3.08. The van der Waals surface area contributed by atoms with Gasteiger partial charge in [0.25, 0.3) is 5.56 Å². The van der Waals surface area contributed by atoms with Crippen molar-refractivity contribution in [3.05, 3.63) is 50.6 Å².